The fourth-order valence-corrected chi connectivity index (χ4v) is 2.90. The molecule has 0 aliphatic heterocycles. The molecule has 0 aliphatic carbocycles. The molecule has 0 unspecified atom stereocenters. The van der Waals surface area contributed by atoms with E-state index in [9.17, 15) is 4.79 Å². The first-order valence-electron chi connectivity index (χ1n) is 10.5. The molecular formula is C21H42O2. The second kappa shape index (κ2) is 19.5. The van der Waals surface area contributed by atoms with E-state index in [4.69, 9.17) is 4.74 Å². The Morgan fingerprint density at radius 3 is 1.43 bits per heavy atom. The molecule has 0 spiro atoms. The summed E-state index contributed by atoms with van der Waals surface area (Å²) in [5.41, 5.74) is 0. The van der Waals surface area contributed by atoms with Crippen LogP contribution in [0.15, 0.2) is 0 Å². The molecule has 0 aliphatic rings. The average Bonchev–Trinajstić information content (AvgIpc) is 2.56. The smallest absolute Gasteiger partial charge is 0.305 e. The van der Waals surface area contributed by atoms with Crippen LogP contribution in [-0.4, -0.2) is 12.6 Å². The summed E-state index contributed by atoms with van der Waals surface area (Å²) < 4.78 is 5.28. The van der Waals surface area contributed by atoms with E-state index in [0.29, 0.717) is 13.0 Å². The van der Waals surface area contributed by atoms with Gasteiger partial charge in [-0.05, 0) is 12.8 Å². The molecule has 0 rings (SSSR count). The van der Waals surface area contributed by atoms with Crippen LogP contribution in [0.25, 0.3) is 0 Å². The molecule has 0 aromatic carbocycles. The molecule has 23 heavy (non-hydrogen) atoms. The van der Waals surface area contributed by atoms with Gasteiger partial charge in [0.25, 0.3) is 0 Å². The molecule has 0 aromatic heterocycles. The molecule has 0 atom stereocenters. The molecule has 138 valence electrons. The van der Waals surface area contributed by atoms with Crippen LogP contribution in [0.5, 0.6) is 0 Å². The maximum Gasteiger partial charge on any atom is 0.305 e. The third-order valence-corrected chi connectivity index (χ3v) is 4.50. The molecule has 0 radical (unpaired) electrons. The van der Waals surface area contributed by atoms with E-state index < -0.39 is 0 Å². The zero-order valence-corrected chi connectivity index (χ0v) is 16.0. The van der Waals surface area contributed by atoms with E-state index in [1.54, 1.807) is 0 Å². The summed E-state index contributed by atoms with van der Waals surface area (Å²) in [5.74, 6) is 0.00387. The number of ether oxygens (including phenoxy) is 1. The molecule has 0 saturated carbocycles. The van der Waals surface area contributed by atoms with Crippen LogP contribution < -0.4 is 0 Å². The van der Waals surface area contributed by atoms with Crippen molar-refractivity contribution in [3.8, 4) is 0 Å². The highest BCUT2D eigenvalue weighted by Crippen LogP contribution is 2.12. The normalized spacial score (nSPS) is 10.9. The van der Waals surface area contributed by atoms with Gasteiger partial charge in [-0.25, -0.2) is 0 Å². The lowest BCUT2D eigenvalue weighted by Crippen LogP contribution is -2.05. The predicted molar refractivity (Wildman–Crippen MR) is 101 cm³/mol. The maximum absolute atomic E-state index is 11.5. The molecule has 0 N–H and O–H groups in total. The van der Waals surface area contributed by atoms with Crippen LogP contribution in [0.4, 0.5) is 0 Å². The van der Waals surface area contributed by atoms with Crippen molar-refractivity contribution >= 4 is 5.97 Å². The minimum atomic E-state index is 0.00387. The summed E-state index contributed by atoms with van der Waals surface area (Å²) in [6.45, 7) is 5.09. The summed E-state index contributed by atoms with van der Waals surface area (Å²) in [5, 5.41) is 0. The summed E-state index contributed by atoms with van der Waals surface area (Å²) in [4.78, 5) is 11.5. The summed E-state index contributed by atoms with van der Waals surface area (Å²) >= 11 is 0. The van der Waals surface area contributed by atoms with E-state index in [1.165, 1.54) is 83.5 Å². The lowest BCUT2D eigenvalue weighted by molar-refractivity contribution is -0.143. The highest BCUT2D eigenvalue weighted by Gasteiger charge is 2.02. The molecule has 0 fully saturated rings. The zero-order chi connectivity index (χ0) is 17.0. The summed E-state index contributed by atoms with van der Waals surface area (Å²) in [6.07, 6.45) is 21.3. The molecule has 2 heteroatoms. The Hall–Kier alpha value is -0.530. The van der Waals surface area contributed by atoms with Crippen molar-refractivity contribution in [3.63, 3.8) is 0 Å². The first kappa shape index (κ1) is 22.5. The van der Waals surface area contributed by atoms with Gasteiger partial charge in [0.1, 0.15) is 0 Å². The molecule has 2 nitrogen and oxygen atoms in total. The molecule has 0 aromatic rings. The number of rotatable bonds is 18. The van der Waals surface area contributed by atoms with E-state index in [1.807, 2.05) is 0 Å². The third kappa shape index (κ3) is 19.4. The Labute approximate surface area is 145 Å². The van der Waals surface area contributed by atoms with Gasteiger partial charge in [-0.2, -0.15) is 0 Å². The van der Waals surface area contributed by atoms with Crippen molar-refractivity contribution in [2.24, 2.45) is 0 Å². The van der Waals surface area contributed by atoms with Crippen molar-refractivity contribution in [2.75, 3.05) is 6.61 Å². The number of hydrogen-bond donors (Lipinski definition) is 0. The minimum Gasteiger partial charge on any atom is -0.466 e. The lowest BCUT2D eigenvalue weighted by atomic mass is 10.1. The van der Waals surface area contributed by atoms with Gasteiger partial charge >= 0.3 is 5.97 Å². The number of esters is 1. The second-order valence-electron chi connectivity index (χ2n) is 6.92. The number of hydrogen-bond acceptors (Lipinski definition) is 2. The van der Waals surface area contributed by atoms with Crippen molar-refractivity contribution in [2.45, 2.75) is 123 Å². The maximum atomic E-state index is 11.5. The zero-order valence-electron chi connectivity index (χ0n) is 16.0. The standard InChI is InChI=1S/C21H42O2/c1-3-5-7-9-10-11-12-13-14-15-16-18-20-23-21(22)19-17-8-6-4-2/h3-20H2,1-2H3. The molecule has 0 amide bonds. The van der Waals surface area contributed by atoms with Crippen molar-refractivity contribution < 1.29 is 9.53 Å². The first-order valence-corrected chi connectivity index (χ1v) is 10.5. The first-order chi connectivity index (χ1) is 11.3. The fraction of sp³-hybridized carbons (Fsp3) is 0.952. The molecule has 0 saturated heterocycles. The lowest BCUT2D eigenvalue weighted by Gasteiger charge is -2.05. The van der Waals surface area contributed by atoms with Crippen molar-refractivity contribution in [3.05, 3.63) is 0 Å². The minimum absolute atomic E-state index is 0.00387. The van der Waals surface area contributed by atoms with Gasteiger partial charge in [-0.15, -0.1) is 0 Å². The van der Waals surface area contributed by atoms with Gasteiger partial charge in [-0.1, -0.05) is 104 Å². The van der Waals surface area contributed by atoms with Crippen LogP contribution in [0.2, 0.25) is 0 Å². The van der Waals surface area contributed by atoms with Gasteiger partial charge in [0.2, 0.25) is 0 Å². The number of carbonyl (C=O) groups excluding carboxylic acids is 1. The van der Waals surface area contributed by atoms with Gasteiger partial charge in [0.15, 0.2) is 0 Å². The Balaban J connectivity index is 3.08. The van der Waals surface area contributed by atoms with E-state index in [2.05, 4.69) is 13.8 Å². The van der Waals surface area contributed by atoms with E-state index >= 15 is 0 Å². The Morgan fingerprint density at radius 2 is 0.957 bits per heavy atom. The Bertz CT molecular complexity index is 238. The van der Waals surface area contributed by atoms with Gasteiger partial charge in [0.05, 0.1) is 6.61 Å². The summed E-state index contributed by atoms with van der Waals surface area (Å²) in [6, 6.07) is 0. The second-order valence-corrected chi connectivity index (χ2v) is 6.92. The van der Waals surface area contributed by atoms with Gasteiger partial charge < -0.3 is 4.74 Å². The number of carbonyl (C=O) groups is 1. The highest BCUT2D eigenvalue weighted by atomic mass is 16.5. The van der Waals surface area contributed by atoms with Crippen LogP contribution >= 0.6 is 0 Å². The van der Waals surface area contributed by atoms with Crippen LogP contribution in [0.1, 0.15) is 123 Å². The topological polar surface area (TPSA) is 26.3 Å². The fourth-order valence-electron chi connectivity index (χ4n) is 2.90. The van der Waals surface area contributed by atoms with Gasteiger partial charge in [0, 0.05) is 6.42 Å². The Morgan fingerprint density at radius 1 is 0.565 bits per heavy atom. The predicted octanol–water partition coefficient (Wildman–Crippen LogP) is 7.20. The molecule has 0 heterocycles. The highest BCUT2D eigenvalue weighted by molar-refractivity contribution is 5.69. The van der Waals surface area contributed by atoms with Crippen LogP contribution in [0, 0.1) is 0 Å². The number of unbranched alkanes of at least 4 members (excludes halogenated alkanes) is 14. The largest absolute Gasteiger partial charge is 0.466 e. The van der Waals surface area contributed by atoms with Crippen molar-refractivity contribution in [1.82, 2.24) is 0 Å². The van der Waals surface area contributed by atoms with E-state index in [0.717, 1.165) is 19.3 Å². The molecular weight excluding hydrogens is 284 g/mol. The Kier molecular flexibility index (Phi) is 19.1. The quantitative estimate of drug-likeness (QED) is 0.196. The van der Waals surface area contributed by atoms with Crippen LogP contribution in [0.3, 0.4) is 0 Å². The SMILES string of the molecule is CCCCCCCCCCCCCCOC(=O)CCCCCC. The van der Waals surface area contributed by atoms with Gasteiger partial charge in [-0.3, -0.25) is 4.79 Å². The van der Waals surface area contributed by atoms with Crippen molar-refractivity contribution in [1.29, 1.82) is 0 Å². The van der Waals surface area contributed by atoms with Crippen LogP contribution in [-0.2, 0) is 9.53 Å². The summed E-state index contributed by atoms with van der Waals surface area (Å²) in [7, 11) is 0. The average molecular weight is 327 g/mol. The molecule has 0 bridgehead atoms. The van der Waals surface area contributed by atoms with E-state index in [-0.39, 0.29) is 5.97 Å². The third-order valence-electron chi connectivity index (χ3n) is 4.50. The monoisotopic (exact) mass is 326 g/mol.